The van der Waals surface area contributed by atoms with E-state index < -0.39 is 0 Å². The van der Waals surface area contributed by atoms with Gasteiger partial charge in [-0.05, 0) is 50.8 Å². The van der Waals surface area contributed by atoms with Crippen molar-refractivity contribution in [1.29, 1.82) is 0 Å². The number of rotatable bonds is 5. The fourth-order valence-electron chi connectivity index (χ4n) is 3.09. The largest absolute Gasteiger partial charge is 0.343 e. The Hall–Kier alpha value is -1.06. The molecule has 0 saturated carbocycles. The highest BCUT2D eigenvalue weighted by Gasteiger charge is 2.24. The summed E-state index contributed by atoms with van der Waals surface area (Å²) in [5, 5.41) is 3.35. The van der Waals surface area contributed by atoms with Gasteiger partial charge < -0.3 is 10.2 Å². The van der Waals surface area contributed by atoms with Crippen LogP contribution in [0.5, 0.6) is 0 Å². The van der Waals surface area contributed by atoms with E-state index in [1.165, 1.54) is 11.1 Å². The predicted molar refractivity (Wildman–Crippen MR) is 94.7 cm³/mol. The van der Waals surface area contributed by atoms with Gasteiger partial charge in [-0.1, -0.05) is 36.8 Å². The van der Waals surface area contributed by atoms with E-state index >= 15 is 0 Å². The molecular weight excluding hydrogens is 296 g/mol. The van der Waals surface area contributed by atoms with E-state index in [9.17, 15) is 4.79 Å². The molecule has 1 amide bonds. The third-order valence-corrected chi connectivity index (χ3v) is 4.71. The number of halogens is 1. The normalized spacial score (nSPS) is 16.7. The average Bonchev–Trinajstić information content (AvgIpc) is 2.53. The molecule has 1 N–H and O–H groups in total. The highest BCUT2D eigenvalue weighted by atomic mass is 35.5. The monoisotopic (exact) mass is 324 g/mol. The maximum Gasteiger partial charge on any atom is 0.223 e. The van der Waals surface area contributed by atoms with Gasteiger partial charge in [0.25, 0.3) is 0 Å². The van der Waals surface area contributed by atoms with E-state index in [1.807, 2.05) is 11.9 Å². The van der Waals surface area contributed by atoms with Crippen LogP contribution in [0.4, 0.5) is 0 Å². The van der Waals surface area contributed by atoms with Crippen LogP contribution in [0.1, 0.15) is 49.7 Å². The summed E-state index contributed by atoms with van der Waals surface area (Å²) in [5.41, 5.74) is 2.56. The van der Waals surface area contributed by atoms with E-state index in [4.69, 9.17) is 0 Å². The van der Waals surface area contributed by atoms with Crippen LogP contribution in [0.2, 0.25) is 0 Å². The second kappa shape index (κ2) is 9.16. The molecule has 2 rings (SSSR count). The molecule has 22 heavy (non-hydrogen) atoms. The third kappa shape index (κ3) is 4.99. The summed E-state index contributed by atoms with van der Waals surface area (Å²) >= 11 is 0. The van der Waals surface area contributed by atoms with Gasteiger partial charge in [0, 0.05) is 19.5 Å². The summed E-state index contributed by atoms with van der Waals surface area (Å²) in [7, 11) is 1.97. The highest BCUT2D eigenvalue weighted by Crippen LogP contribution is 2.25. The summed E-state index contributed by atoms with van der Waals surface area (Å²) in [4.78, 5) is 14.5. The van der Waals surface area contributed by atoms with Crippen LogP contribution >= 0.6 is 12.4 Å². The minimum atomic E-state index is 0. The molecule has 1 saturated heterocycles. The van der Waals surface area contributed by atoms with Crippen LogP contribution in [-0.4, -0.2) is 37.0 Å². The van der Waals surface area contributed by atoms with Crippen molar-refractivity contribution >= 4 is 18.3 Å². The number of hydrogen-bond donors (Lipinski definition) is 1. The lowest BCUT2D eigenvalue weighted by Crippen LogP contribution is -2.44. The third-order valence-electron chi connectivity index (χ3n) is 4.71. The van der Waals surface area contributed by atoms with Crippen molar-refractivity contribution in [2.24, 2.45) is 0 Å². The van der Waals surface area contributed by atoms with Crippen molar-refractivity contribution in [2.45, 2.75) is 51.5 Å². The minimum absolute atomic E-state index is 0. The van der Waals surface area contributed by atoms with Crippen molar-refractivity contribution < 1.29 is 4.79 Å². The molecule has 1 atom stereocenters. The van der Waals surface area contributed by atoms with E-state index in [0.717, 1.165) is 32.4 Å². The molecule has 0 aromatic heterocycles. The van der Waals surface area contributed by atoms with E-state index in [-0.39, 0.29) is 18.3 Å². The SMILES string of the molecule is CCC(CC(=O)N(C)C1CCNCC1)c1ccc(C)cc1.Cl. The number of aryl methyl sites for hydroxylation is 1. The summed E-state index contributed by atoms with van der Waals surface area (Å²) < 4.78 is 0. The smallest absolute Gasteiger partial charge is 0.223 e. The van der Waals surface area contributed by atoms with E-state index in [1.54, 1.807) is 0 Å². The zero-order chi connectivity index (χ0) is 15.2. The number of benzene rings is 1. The molecule has 1 aromatic carbocycles. The number of hydrogen-bond acceptors (Lipinski definition) is 2. The molecule has 1 fully saturated rings. The standard InChI is InChI=1S/C18H28N2O.ClH/c1-4-15(16-7-5-14(2)6-8-16)13-18(21)20(3)17-9-11-19-12-10-17;/h5-8,15,17,19H,4,9-13H2,1-3H3;1H. The summed E-state index contributed by atoms with van der Waals surface area (Å²) in [6.45, 7) is 6.32. The topological polar surface area (TPSA) is 32.3 Å². The van der Waals surface area contributed by atoms with Crippen molar-refractivity contribution in [1.82, 2.24) is 10.2 Å². The quantitative estimate of drug-likeness (QED) is 0.899. The molecule has 1 heterocycles. The molecule has 0 aliphatic carbocycles. The van der Waals surface area contributed by atoms with Gasteiger partial charge in [0.15, 0.2) is 0 Å². The number of piperidine rings is 1. The fraction of sp³-hybridized carbons (Fsp3) is 0.611. The molecular formula is C18H29ClN2O. The molecule has 1 aliphatic rings. The van der Waals surface area contributed by atoms with Crippen molar-refractivity contribution in [3.05, 3.63) is 35.4 Å². The molecule has 1 aliphatic heterocycles. The predicted octanol–water partition coefficient (Wildman–Crippen LogP) is 3.51. The van der Waals surface area contributed by atoms with Crippen molar-refractivity contribution in [3.8, 4) is 0 Å². The fourth-order valence-corrected chi connectivity index (χ4v) is 3.09. The van der Waals surface area contributed by atoms with Gasteiger partial charge >= 0.3 is 0 Å². The first-order valence-electron chi connectivity index (χ1n) is 8.14. The number of nitrogens with zero attached hydrogens (tertiary/aromatic N) is 1. The van der Waals surface area contributed by atoms with Crippen LogP contribution < -0.4 is 5.32 Å². The number of carbonyl (C=O) groups is 1. The first-order valence-corrected chi connectivity index (χ1v) is 8.14. The molecule has 0 radical (unpaired) electrons. The number of carbonyl (C=O) groups excluding carboxylic acids is 1. The molecule has 0 spiro atoms. The molecule has 3 nitrogen and oxygen atoms in total. The van der Waals surface area contributed by atoms with Gasteiger partial charge in [-0.15, -0.1) is 12.4 Å². The van der Waals surface area contributed by atoms with Crippen LogP contribution in [0.25, 0.3) is 0 Å². The Labute approximate surface area is 140 Å². The highest BCUT2D eigenvalue weighted by molar-refractivity contribution is 5.85. The summed E-state index contributed by atoms with van der Waals surface area (Å²) in [5.74, 6) is 0.622. The van der Waals surface area contributed by atoms with Gasteiger partial charge in [-0.25, -0.2) is 0 Å². The van der Waals surface area contributed by atoms with Gasteiger partial charge in [0.1, 0.15) is 0 Å². The lowest BCUT2D eigenvalue weighted by Gasteiger charge is -2.32. The Kier molecular flexibility index (Phi) is 7.91. The van der Waals surface area contributed by atoms with Crippen LogP contribution in [0, 0.1) is 6.92 Å². The lowest BCUT2D eigenvalue weighted by molar-refractivity contribution is -0.132. The van der Waals surface area contributed by atoms with E-state index in [2.05, 4.69) is 43.4 Å². The Morgan fingerprint density at radius 3 is 2.41 bits per heavy atom. The van der Waals surface area contributed by atoms with Crippen molar-refractivity contribution in [3.63, 3.8) is 0 Å². The molecule has 4 heteroatoms. The second-order valence-corrected chi connectivity index (χ2v) is 6.21. The van der Waals surface area contributed by atoms with Gasteiger partial charge in [0.2, 0.25) is 5.91 Å². The first-order chi connectivity index (χ1) is 10.1. The van der Waals surface area contributed by atoms with Crippen molar-refractivity contribution in [2.75, 3.05) is 20.1 Å². The van der Waals surface area contributed by atoms with Crippen LogP contribution in [0.15, 0.2) is 24.3 Å². The Morgan fingerprint density at radius 1 is 1.27 bits per heavy atom. The first kappa shape index (κ1) is 19.0. The zero-order valence-corrected chi connectivity index (χ0v) is 14.8. The Balaban J connectivity index is 0.00000242. The summed E-state index contributed by atoms with van der Waals surface area (Å²) in [6, 6.07) is 9.02. The Morgan fingerprint density at radius 2 is 1.86 bits per heavy atom. The molecule has 0 bridgehead atoms. The second-order valence-electron chi connectivity index (χ2n) is 6.21. The molecule has 124 valence electrons. The van der Waals surface area contributed by atoms with Gasteiger partial charge in [-0.3, -0.25) is 4.79 Å². The minimum Gasteiger partial charge on any atom is -0.343 e. The van der Waals surface area contributed by atoms with Gasteiger partial charge in [0.05, 0.1) is 0 Å². The molecule has 1 aromatic rings. The zero-order valence-electron chi connectivity index (χ0n) is 14.0. The maximum absolute atomic E-state index is 12.6. The number of amides is 1. The maximum atomic E-state index is 12.6. The van der Waals surface area contributed by atoms with Crippen LogP contribution in [0.3, 0.4) is 0 Å². The van der Waals surface area contributed by atoms with Gasteiger partial charge in [-0.2, -0.15) is 0 Å². The summed E-state index contributed by atoms with van der Waals surface area (Å²) in [6.07, 6.45) is 3.78. The average molecular weight is 325 g/mol. The molecule has 1 unspecified atom stereocenters. The van der Waals surface area contributed by atoms with Crippen LogP contribution in [-0.2, 0) is 4.79 Å². The number of nitrogens with one attached hydrogen (secondary N) is 1. The lowest BCUT2D eigenvalue weighted by atomic mass is 9.91. The Bertz CT molecular complexity index is 455. The van der Waals surface area contributed by atoms with E-state index in [0.29, 0.717) is 18.4 Å².